The van der Waals surface area contributed by atoms with Crippen molar-refractivity contribution < 1.29 is 4.79 Å². The Hall–Kier alpha value is -2.18. The number of nitrogens with one attached hydrogen (secondary N) is 3. The lowest BCUT2D eigenvalue weighted by atomic mass is 10.5. The number of hydrogen-bond donors (Lipinski definition) is 3. The van der Waals surface area contributed by atoms with Crippen LogP contribution in [0.3, 0.4) is 0 Å². The van der Waals surface area contributed by atoms with Gasteiger partial charge in [-0.15, -0.1) is 0 Å². The molecule has 0 unspecified atom stereocenters. The van der Waals surface area contributed by atoms with Crippen molar-refractivity contribution in [2.24, 2.45) is 0 Å². The number of carbonyl (C=O) groups is 1. The van der Waals surface area contributed by atoms with Gasteiger partial charge in [0.1, 0.15) is 11.8 Å². The van der Waals surface area contributed by atoms with Gasteiger partial charge in [0.05, 0.1) is 6.33 Å². The zero-order chi connectivity index (χ0) is 9.97. The van der Waals surface area contributed by atoms with Crippen molar-refractivity contribution in [1.29, 1.82) is 0 Å². The molecule has 2 rings (SSSR count). The van der Waals surface area contributed by atoms with Gasteiger partial charge in [0, 0.05) is 7.05 Å². The van der Waals surface area contributed by atoms with E-state index >= 15 is 0 Å². The van der Waals surface area contributed by atoms with Crippen molar-refractivity contribution in [2.75, 3.05) is 12.4 Å². The average molecular weight is 192 g/mol. The van der Waals surface area contributed by atoms with E-state index in [1.54, 1.807) is 0 Å². The van der Waals surface area contributed by atoms with Crippen LogP contribution in [0.25, 0.3) is 11.2 Å². The monoisotopic (exact) mass is 192 g/mol. The molecule has 14 heavy (non-hydrogen) atoms. The van der Waals surface area contributed by atoms with Crippen LogP contribution in [0.1, 0.15) is 0 Å². The van der Waals surface area contributed by atoms with Gasteiger partial charge in [-0.1, -0.05) is 0 Å². The molecule has 3 N–H and O–H groups in total. The van der Waals surface area contributed by atoms with Crippen LogP contribution in [0.4, 0.5) is 10.6 Å². The molecular weight excluding hydrogens is 184 g/mol. The molecule has 0 atom stereocenters. The van der Waals surface area contributed by atoms with E-state index in [0.717, 1.165) is 0 Å². The highest BCUT2D eigenvalue weighted by Crippen LogP contribution is 2.13. The second-order valence-corrected chi connectivity index (χ2v) is 2.53. The summed E-state index contributed by atoms with van der Waals surface area (Å²) in [7, 11) is 1.53. The lowest BCUT2D eigenvalue weighted by Crippen LogP contribution is -2.25. The SMILES string of the molecule is CNC(=O)Nc1ncnc2nc[nH]c12. The van der Waals surface area contributed by atoms with Crippen LogP contribution in [-0.2, 0) is 0 Å². The van der Waals surface area contributed by atoms with Crippen LogP contribution in [0.5, 0.6) is 0 Å². The first-order valence-corrected chi connectivity index (χ1v) is 3.94. The number of H-pyrrole nitrogens is 1. The van der Waals surface area contributed by atoms with Crippen LogP contribution in [0.2, 0.25) is 0 Å². The van der Waals surface area contributed by atoms with E-state index < -0.39 is 0 Å². The van der Waals surface area contributed by atoms with E-state index in [4.69, 9.17) is 0 Å². The maximum atomic E-state index is 11.0. The molecule has 2 heterocycles. The fraction of sp³-hybridized carbons (Fsp3) is 0.143. The number of hydrogen-bond acceptors (Lipinski definition) is 4. The summed E-state index contributed by atoms with van der Waals surface area (Å²) in [4.78, 5) is 25.6. The quantitative estimate of drug-likeness (QED) is 0.597. The number of rotatable bonds is 1. The number of fused-ring (bicyclic) bond motifs is 1. The number of urea groups is 1. The van der Waals surface area contributed by atoms with Crippen LogP contribution < -0.4 is 10.6 Å². The fourth-order valence-electron chi connectivity index (χ4n) is 1.03. The van der Waals surface area contributed by atoms with E-state index in [1.807, 2.05) is 0 Å². The second kappa shape index (κ2) is 3.29. The predicted molar refractivity (Wildman–Crippen MR) is 49.8 cm³/mol. The summed E-state index contributed by atoms with van der Waals surface area (Å²) in [5.74, 6) is 0.409. The lowest BCUT2D eigenvalue weighted by Gasteiger charge is -2.02. The third kappa shape index (κ3) is 1.35. The molecule has 0 radical (unpaired) electrons. The Kier molecular flexibility index (Phi) is 1.98. The molecule has 0 aliphatic carbocycles. The highest BCUT2D eigenvalue weighted by molar-refractivity contribution is 5.95. The van der Waals surface area contributed by atoms with Gasteiger partial charge in [-0.25, -0.2) is 19.7 Å². The minimum atomic E-state index is -0.334. The minimum absolute atomic E-state index is 0.334. The molecule has 2 aromatic heterocycles. The Balaban J connectivity index is 2.41. The molecule has 72 valence electrons. The first-order chi connectivity index (χ1) is 6.81. The standard InChI is InChI=1S/C7H8N6O/c1-8-7(14)13-6-4-5(10-2-9-4)11-3-12-6/h2-3H,1H3,(H3,8,9,10,11,12,13,14). The molecule has 0 saturated carbocycles. The fourth-order valence-corrected chi connectivity index (χ4v) is 1.03. The largest absolute Gasteiger partial charge is 0.341 e. The van der Waals surface area contributed by atoms with Gasteiger partial charge < -0.3 is 10.3 Å². The molecule has 2 amide bonds. The average Bonchev–Trinajstić information content (AvgIpc) is 2.66. The summed E-state index contributed by atoms with van der Waals surface area (Å²) in [6.45, 7) is 0. The molecule has 7 nitrogen and oxygen atoms in total. The highest BCUT2D eigenvalue weighted by atomic mass is 16.2. The summed E-state index contributed by atoms with van der Waals surface area (Å²) in [5, 5.41) is 4.97. The number of aromatic nitrogens is 4. The second-order valence-electron chi connectivity index (χ2n) is 2.53. The molecule has 7 heteroatoms. The van der Waals surface area contributed by atoms with Crippen LogP contribution in [-0.4, -0.2) is 33.0 Å². The zero-order valence-electron chi connectivity index (χ0n) is 7.40. The van der Waals surface area contributed by atoms with Crippen LogP contribution in [0.15, 0.2) is 12.7 Å². The Morgan fingerprint density at radius 2 is 2.29 bits per heavy atom. The highest BCUT2D eigenvalue weighted by Gasteiger charge is 2.07. The molecule has 2 aromatic rings. The molecule has 0 aliphatic heterocycles. The number of nitrogens with zero attached hydrogens (tertiary/aromatic N) is 3. The maximum Gasteiger partial charge on any atom is 0.320 e. The lowest BCUT2D eigenvalue weighted by molar-refractivity contribution is 0.254. The van der Waals surface area contributed by atoms with Gasteiger partial charge >= 0.3 is 6.03 Å². The van der Waals surface area contributed by atoms with Crippen molar-refractivity contribution >= 4 is 23.0 Å². The number of imidazole rings is 1. The Bertz CT molecular complexity index is 464. The smallest absolute Gasteiger partial charge is 0.320 e. The first kappa shape index (κ1) is 8.42. The summed E-state index contributed by atoms with van der Waals surface area (Å²) >= 11 is 0. The minimum Gasteiger partial charge on any atom is -0.341 e. The van der Waals surface area contributed by atoms with Gasteiger partial charge in [-0.3, -0.25) is 5.32 Å². The zero-order valence-corrected chi connectivity index (χ0v) is 7.40. The van der Waals surface area contributed by atoms with E-state index in [0.29, 0.717) is 17.0 Å². The molecule has 0 bridgehead atoms. The molecule has 0 aliphatic rings. The third-order valence-corrected chi connectivity index (χ3v) is 1.68. The Labute approximate surface area is 79.0 Å². The predicted octanol–water partition coefficient (Wildman–Crippen LogP) is 0.104. The van der Waals surface area contributed by atoms with Crippen molar-refractivity contribution in [2.45, 2.75) is 0 Å². The maximum absolute atomic E-state index is 11.0. The summed E-state index contributed by atoms with van der Waals surface area (Å²) in [6.07, 6.45) is 2.84. The topological polar surface area (TPSA) is 95.6 Å². The van der Waals surface area contributed by atoms with Crippen molar-refractivity contribution in [3.63, 3.8) is 0 Å². The van der Waals surface area contributed by atoms with Crippen LogP contribution >= 0.6 is 0 Å². The van der Waals surface area contributed by atoms with Gasteiger partial charge in [-0.2, -0.15) is 0 Å². The van der Waals surface area contributed by atoms with E-state index in [2.05, 4.69) is 30.6 Å². The molecular formula is C7H8N6O. The van der Waals surface area contributed by atoms with Gasteiger partial charge in [0.2, 0.25) is 0 Å². The number of anilines is 1. The van der Waals surface area contributed by atoms with E-state index in [1.165, 1.54) is 19.7 Å². The van der Waals surface area contributed by atoms with Gasteiger partial charge in [0.25, 0.3) is 0 Å². The Morgan fingerprint density at radius 1 is 1.43 bits per heavy atom. The van der Waals surface area contributed by atoms with E-state index in [9.17, 15) is 4.79 Å². The molecule has 0 aromatic carbocycles. The van der Waals surface area contributed by atoms with Gasteiger partial charge in [-0.05, 0) is 0 Å². The first-order valence-electron chi connectivity index (χ1n) is 3.94. The van der Waals surface area contributed by atoms with Crippen molar-refractivity contribution in [3.05, 3.63) is 12.7 Å². The van der Waals surface area contributed by atoms with E-state index in [-0.39, 0.29) is 6.03 Å². The Morgan fingerprint density at radius 3 is 3.07 bits per heavy atom. The summed E-state index contributed by atoms with van der Waals surface area (Å²) in [6, 6.07) is -0.334. The molecule has 0 saturated heterocycles. The van der Waals surface area contributed by atoms with Crippen molar-refractivity contribution in [3.8, 4) is 0 Å². The summed E-state index contributed by atoms with van der Waals surface area (Å²) in [5.41, 5.74) is 1.13. The van der Waals surface area contributed by atoms with Crippen LogP contribution in [0, 0.1) is 0 Å². The number of aromatic amines is 1. The molecule has 0 spiro atoms. The van der Waals surface area contributed by atoms with Gasteiger partial charge in [0.15, 0.2) is 11.5 Å². The molecule has 0 fully saturated rings. The third-order valence-electron chi connectivity index (χ3n) is 1.68. The number of amides is 2. The van der Waals surface area contributed by atoms with Crippen molar-refractivity contribution in [1.82, 2.24) is 25.3 Å². The summed E-state index contributed by atoms with van der Waals surface area (Å²) < 4.78 is 0. The number of carbonyl (C=O) groups excluding carboxylic acids is 1. The normalized spacial score (nSPS) is 10.1.